The van der Waals surface area contributed by atoms with Gasteiger partial charge < -0.3 is 41.8 Å². The van der Waals surface area contributed by atoms with Crippen molar-refractivity contribution in [2.24, 2.45) is 16.9 Å². The number of thioether (sulfide) groups is 1. The van der Waals surface area contributed by atoms with Crippen LogP contribution in [0.5, 0.6) is 0 Å². The summed E-state index contributed by atoms with van der Waals surface area (Å²) < 4.78 is 30.9. The van der Waals surface area contributed by atoms with Crippen LogP contribution in [0.3, 0.4) is 0 Å². The first-order valence-corrected chi connectivity index (χ1v) is 17.1. The normalized spacial score (nSPS) is 13.3. The molecule has 8 N–H and O–H groups in total. The lowest BCUT2D eigenvalue weighted by Crippen LogP contribution is -2.48. The third kappa shape index (κ3) is 11.6. The summed E-state index contributed by atoms with van der Waals surface area (Å²) in [4.78, 5) is 55.0. The molecule has 0 aliphatic carbocycles. The molecule has 0 spiro atoms. The van der Waals surface area contributed by atoms with E-state index in [0.29, 0.717) is 12.4 Å². The highest BCUT2D eigenvalue weighted by Gasteiger charge is 2.38. The number of nitrogens with one attached hydrogen (secondary N) is 2. The molecule has 3 aromatic rings. The molecule has 0 unspecified atom stereocenters. The number of aliphatic hydroxyl groups excluding tert-OH is 1. The summed E-state index contributed by atoms with van der Waals surface area (Å²) >= 11 is 1.07. The van der Waals surface area contributed by atoms with Crippen molar-refractivity contribution in [1.29, 1.82) is 0 Å². The fourth-order valence-electron chi connectivity index (χ4n) is 5.19. The highest BCUT2D eigenvalue weighted by Crippen LogP contribution is 2.39. The van der Waals surface area contributed by atoms with Crippen LogP contribution in [-0.2, 0) is 25.7 Å². The van der Waals surface area contributed by atoms with E-state index in [-0.39, 0.29) is 54.7 Å². The zero-order valence-electron chi connectivity index (χ0n) is 28.3. The molecule has 2 aromatic carbocycles. The summed E-state index contributed by atoms with van der Waals surface area (Å²) in [6.45, 7) is 5.20. The van der Waals surface area contributed by atoms with E-state index in [1.54, 1.807) is 10.8 Å². The van der Waals surface area contributed by atoms with Crippen LogP contribution in [0.2, 0.25) is 0 Å². The Kier molecular flexibility index (Phi) is 14.9. The Labute approximate surface area is 293 Å². The lowest BCUT2D eigenvalue weighted by molar-refractivity contribution is -0.140. The topological polar surface area (TPSA) is 206 Å². The first-order chi connectivity index (χ1) is 23.6. The second-order valence-corrected chi connectivity index (χ2v) is 13.8. The van der Waals surface area contributed by atoms with E-state index in [4.69, 9.17) is 21.6 Å². The molecule has 50 heavy (non-hydrogen) atoms. The number of carboxylic acid groups (broad SMARTS) is 1. The molecule has 3 amide bonds. The summed E-state index contributed by atoms with van der Waals surface area (Å²) in [6, 6.07) is 9.54. The maximum Gasteiger partial charge on any atom is 0.321 e. The summed E-state index contributed by atoms with van der Waals surface area (Å²) in [5, 5.41) is 24.1. The average molecular weight is 718 g/mol. The Morgan fingerprint density at radius 2 is 1.70 bits per heavy atom. The zero-order valence-corrected chi connectivity index (χ0v) is 29.1. The van der Waals surface area contributed by atoms with Gasteiger partial charge in [0.15, 0.2) is 0 Å². The van der Waals surface area contributed by atoms with Crippen molar-refractivity contribution in [3.8, 4) is 11.3 Å². The molecule has 3 atom stereocenters. The van der Waals surface area contributed by atoms with E-state index in [1.807, 2.05) is 51.1 Å². The molecule has 1 heterocycles. The Morgan fingerprint density at radius 1 is 1.02 bits per heavy atom. The predicted molar refractivity (Wildman–Crippen MR) is 186 cm³/mol. The summed E-state index contributed by atoms with van der Waals surface area (Å²) in [5.41, 5.74) is 11.9. The van der Waals surface area contributed by atoms with Crippen LogP contribution in [-0.4, -0.2) is 98.2 Å². The van der Waals surface area contributed by atoms with Crippen LogP contribution in [0.15, 0.2) is 54.7 Å². The highest BCUT2D eigenvalue weighted by atomic mass is 32.2. The van der Waals surface area contributed by atoms with Crippen molar-refractivity contribution in [2.75, 3.05) is 37.7 Å². The smallest absolute Gasteiger partial charge is 0.321 e. The Morgan fingerprint density at radius 3 is 2.34 bits per heavy atom. The fraction of sp³-hybridized carbons (Fsp3) is 0.441. The maximum atomic E-state index is 14.9. The van der Waals surface area contributed by atoms with Gasteiger partial charge in [0.25, 0.3) is 0 Å². The van der Waals surface area contributed by atoms with Crippen LogP contribution in [0.4, 0.5) is 8.78 Å². The number of aliphatic carboxylic acids is 1. The molecule has 0 aliphatic heterocycles. The number of carbonyl (C=O) groups is 4. The van der Waals surface area contributed by atoms with Crippen molar-refractivity contribution >= 4 is 35.5 Å². The molecule has 0 aliphatic rings. The molecular weight excluding hydrogens is 672 g/mol. The first kappa shape index (κ1) is 40.1. The molecule has 1 aromatic heterocycles. The molecule has 0 saturated carbocycles. The van der Waals surface area contributed by atoms with Gasteiger partial charge in [-0.15, -0.1) is 11.8 Å². The molecule has 0 saturated heterocycles. The molecule has 0 radical (unpaired) electrons. The third-order valence-corrected chi connectivity index (χ3v) is 8.71. The number of carboxylic acids is 1. The van der Waals surface area contributed by atoms with Gasteiger partial charge in [-0.05, 0) is 35.6 Å². The number of hydrogen-bond acceptors (Lipinski definition) is 9. The van der Waals surface area contributed by atoms with Crippen molar-refractivity contribution in [2.45, 2.75) is 51.9 Å². The SMILES string of the molecule is CC(C)(C)[C@H](c1nc(-c2cc(F)ccc2F)cn1Cc1ccccc1)N(CC[C@H](N)C(=O)NCCNC(=O)CSC[C@H](N)C(=O)O)C(=O)CO. The fourth-order valence-corrected chi connectivity index (χ4v) is 5.99. The van der Waals surface area contributed by atoms with Crippen LogP contribution >= 0.6 is 11.8 Å². The summed E-state index contributed by atoms with van der Waals surface area (Å²) in [5.74, 6) is -3.57. The van der Waals surface area contributed by atoms with Gasteiger partial charge >= 0.3 is 5.97 Å². The number of imidazole rings is 1. The summed E-state index contributed by atoms with van der Waals surface area (Å²) in [7, 11) is 0. The molecular formula is C34H45F2N7O6S. The Hall–Kier alpha value is -4.38. The van der Waals surface area contributed by atoms with Gasteiger partial charge in [-0.25, -0.2) is 13.8 Å². The standard InChI is InChI=1S/C34H45F2N7O6S/c1-34(2,3)30(31-41-27(23-15-22(35)9-10-24(23)36)17-42(31)16-21-7-5-4-6-8-21)43(29(46)18-44)14-11-25(37)32(47)40-13-12-39-28(45)20-50-19-26(38)33(48)49/h4-10,15,17,25-26,30,44H,11-14,16,18-20,37-38H2,1-3H3,(H,39,45)(H,40,47)(H,48,49)/t25-,26-,30-/m0/s1. The number of carbonyl (C=O) groups excluding carboxylic acids is 3. The zero-order chi connectivity index (χ0) is 37.0. The molecule has 0 bridgehead atoms. The van der Waals surface area contributed by atoms with Crippen LogP contribution in [0, 0.1) is 17.0 Å². The van der Waals surface area contributed by atoms with Crippen molar-refractivity contribution in [3.63, 3.8) is 0 Å². The van der Waals surface area contributed by atoms with E-state index in [0.717, 1.165) is 35.5 Å². The minimum absolute atomic E-state index is 0.000360. The van der Waals surface area contributed by atoms with Crippen LogP contribution < -0.4 is 22.1 Å². The van der Waals surface area contributed by atoms with E-state index in [1.165, 1.54) is 4.90 Å². The predicted octanol–water partition coefficient (Wildman–Crippen LogP) is 1.88. The number of benzene rings is 2. The molecule has 0 fully saturated rings. The van der Waals surface area contributed by atoms with Gasteiger partial charge in [0.2, 0.25) is 17.7 Å². The Balaban J connectivity index is 1.77. The second-order valence-electron chi connectivity index (χ2n) is 12.7. The average Bonchev–Trinajstić information content (AvgIpc) is 3.47. The maximum absolute atomic E-state index is 14.9. The Bertz CT molecular complexity index is 1620. The van der Waals surface area contributed by atoms with Crippen molar-refractivity contribution < 1.29 is 38.2 Å². The number of nitrogens with zero attached hydrogens (tertiary/aromatic N) is 3. The van der Waals surface area contributed by atoms with E-state index >= 15 is 0 Å². The van der Waals surface area contributed by atoms with Crippen molar-refractivity contribution in [1.82, 2.24) is 25.1 Å². The van der Waals surface area contributed by atoms with Crippen molar-refractivity contribution in [3.05, 3.63) is 77.8 Å². The van der Waals surface area contributed by atoms with Gasteiger partial charge in [-0.3, -0.25) is 19.2 Å². The lowest BCUT2D eigenvalue weighted by atomic mass is 9.84. The minimum atomic E-state index is -1.16. The number of rotatable bonds is 18. The largest absolute Gasteiger partial charge is 0.480 e. The quantitative estimate of drug-likeness (QED) is 0.105. The molecule has 16 heteroatoms. The lowest BCUT2D eigenvalue weighted by Gasteiger charge is -2.40. The van der Waals surface area contributed by atoms with Gasteiger partial charge in [0.1, 0.15) is 30.1 Å². The molecule has 3 rings (SSSR count). The highest BCUT2D eigenvalue weighted by molar-refractivity contribution is 8.00. The summed E-state index contributed by atoms with van der Waals surface area (Å²) in [6.07, 6.45) is 1.60. The minimum Gasteiger partial charge on any atom is -0.480 e. The number of hydrogen-bond donors (Lipinski definition) is 6. The molecule has 272 valence electrons. The third-order valence-electron chi connectivity index (χ3n) is 7.65. The van der Waals surface area contributed by atoms with Gasteiger partial charge in [0, 0.05) is 43.7 Å². The first-order valence-electron chi connectivity index (χ1n) is 15.9. The number of aromatic nitrogens is 2. The van der Waals surface area contributed by atoms with Gasteiger partial charge in [-0.2, -0.15) is 0 Å². The van der Waals surface area contributed by atoms with E-state index in [2.05, 4.69) is 10.6 Å². The monoisotopic (exact) mass is 717 g/mol. The van der Waals surface area contributed by atoms with Crippen LogP contribution in [0.25, 0.3) is 11.3 Å². The number of halogens is 2. The molecule has 13 nitrogen and oxygen atoms in total. The van der Waals surface area contributed by atoms with Gasteiger partial charge in [0.05, 0.1) is 23.5 Å². The van der Waals surface area contributed by atoms with E-state index in [9.17, 15) is 33.1 Å². The van der Waals surface area contributed by atoms with E-state index < -0.39 is 59.6 Å². The number of aliphatic hydroxyl groups is 1. The number of nitrogens with two attached hydrogens (primary N) is 2. The van der Waals surface area contributed by atoms with Gasteiger partial charge in [-0.1, -0.05) is 51.1 Å². The second kappa shape index (κ2) is 18.6. The number of amides is 3. The van der Waals surface area contributed by atoms with Crippen LogP contribution in [0.1, 0.15) is 44.6 Å².